The second-order valence-corrected chi connectivity index (χ2v) is 26.5. The third-order valence-electron chi connectivity index (χ3n) is 17.9. The molecule has 1 aromatic heterocycles. The fraction of sp³-hybridized carbons (Fsp3) is 0.294. The topological polar surface area (TPSA) is 6.48 Å². The Morgan fingerprint density at radius 1 is 0.472 bits per heavy atom. The summed E-state index contributed by atoms with van der Waals surface area (Å²) in [5.74, 6) is 0. The van der Waals surface area contributed by atoms with Gasteiger partial charge < -0.3 is 9.71 Å². The summed E-state index contributed by atoms with van der Waals surface area (Å²) in [6.07, 6.45) is 4.70. The second-order valence-electron chi connectivity index (χ2n) is 25.4. The van der Waals surface area contributed by atoms with Crippen LogP contribution in [-0.2, 0) is 27.1 Å². The van der Waals surface area contributed by atoms with E-state index in [2.05, 4.69) is 244 Å². The van der Waals surface area contributed by atoms with Gasteiger partial charge in [-0.15, -0.1) is 11.3 Å². The summed E-state index contributed by atoms with van der Waals surface area (Å²) in [5, 5.41) is 3.92. The minimum Gasteiger partial charge on any atom is -0.376 e. The Bertz CT molecular complexity index is 3700. The van der Waals surface area contributed by atoms with E-state index in [-0.39, 0.29) is 33.9 Å². The van der Waals surface area contributed by atoms with E-state index in [1.54, 1.807) is 0 Å². The number of rotatable bonds is 4. The Hall–Kier alpha value is -6.36. The van der Waals surface area contributed by atoms with Gasteiger partial charge in [0.05, 0.1) is 11.4 Å². The van der Waals surface area contributed by atoms with E-state index in [1.807, 2.05) is 11.3 Å². The molecule has 3 heterocycles. The zero-order valence-corrected chi connectivity index (χ0v) is 45.0. The molecule has 4 heteroatoms. The maximum absolute atomic E-state index is 2.79. The molecule has 0 spiro atoms. The van der Waals surface area contributed by atoms with Crippen LogP contribution < -0.4 is 20.0 Å². The van der Waals surface area contributed by atoms with Gasteiger partial charge in [0.1, 0.15) is 0 Å². The lowest BCUT2D eigenvalue weighted by Gasteiger charge is -2.47. The van der Waals surface area contributed by atoms with Crippen LogP contribution in [-0.4, -0.2) is 6.85 Å². The Morgan fingerprint density at radius 2 is 1.08 bits per heavy atom. The van der Waals surface area contributed by atoms with Gasteiger partial charge in [0, 0.05) is 43.1 Å². The summed E-state index contributed by atoms with van der Waals surface area (Å²) in [6, 6.07) is 61.5. The van der Waals surface area contributed by atoms with Crippen molar-refractivity contribution in [3.05, 3.63) is 186 Å². The van der Waals surface area contributed by atoms with Gasteiger partial charge in [-0.2, -0.15) is 0 Å². The molecule has 2 aliphatic carbocycles. The van der Waals surface area contributed by atoms with Gasteiger partial charge in [-0.1, -0.05) is 185 Å². The molecule has 0 bridgehead atoms. The summed E-state index contributed by atoms with van der Waals surface area (Å²) in [5.41, 5.74) is 22.9. The predicted octanol–water partition coefficient (Wildman–Crippen LogP) is 18.1. The fourth-order valence-electron chi connectivity index (χ4n) is 13.4. The van der Waals surface area contributed by atoms with Gasteiger partial charge in [0.15, 0.2) is 0 Å². The van der Waals surface area contributed by atoms with E-state index in [1.165, 1.54) is 140 Å². The second kappa shape index (κ2) is 15.6. The molecule has 0 fully saturated rings. The van der Waals surface area contributed by atoms with Crippen molar-refractivity contribution in [3.63, 3.8) is 0 Å². The Balaban J connectivity index is 1.20. The van der Waals surface area contributed by atoms with Crippen molar-refractivity contribution in [1.82, 2.24) is 0 Å². The van der Waals surface area contributed by atoms with Crippen molar-refractivity contribution >= 4 is 77.7 Å². The summed E-state index contributed by atoms with van der Waals surface area (Å²) in [6.45, 7) is 26.7. The van der Waals surface area contributed by atoms with Crippen molar-refractivity contribution in [1.29, 1.82) is 0 Å². The summed E-state index contributed by atoms with van der Waals surface area (Å²) in [4.78, 5) is 5.53. The van der Waals surface area contributed by atoms with Crippen LogP contribution in [0.2, 0.25) is 0 Å². The molecule has 0 radical (unpaired) electrons. The molecule has 4 aliphatic rings. The summed E-state index contributed by atoms with van der Waals surface area (Å²) >= 11 is 2.04. The van der Waals surface area contributed by atoms with Crippen LogP contribution in [0.25, 0.3) is 54.2 Å². The zero-order chi connectivity index (χ0) is 49.9. The molecule has 8 aromatic carbocycles. The molecule has 0 saturated heterocycles. The van der Waals surface area contributed by atoms with Crippen LogP contribution in [0, 0.1) is 0 Å². The Kier molecular flexibility index (Phi) is 9.85. The minimum absolute atomic E-state index is 0.0314. The number of hydrogen-bond acceptors (Lipinski definition) is 3. The highest BCUT2D eigenvalue weighted by molar-refractivity contribution is 7.32. The molecule has 0 atom stereocenters. The number of nitrogens with zero attached hydrogens (tertiary/aromatic N) is 2. The predicted molar refractivity (Wildman–Crippen MR) is 313 cm³/mol. The van der Waals surface area contributed by atoms with Gasteiger partial charge in [-0.05, 0) is 168 Å². The Labute approximate surface area is 432 Å². The van der Waals surface area contributed by atoms with Crippen LogP contribution in [0.1, 0.15) is 130 Å². The van der Waals surface area contributed by atoms with Gasteiger partial charge in [-0.25, -0.2) is 0 Å². The molecule has 0 unspecified atom stereocenters. The summed E-state index contributed by atoms with van der Waals surface area (Å²) in [7, 11) is 0. The highest BCUT2D eigenvalue weighted by Gasteiger charge is 2.49. The van der Waals surface area contributed by atoms with Crippen molar-refractivity contribution in [3.8, 4) is 33.4 Å². The zero-order valence-electron chi connectivity index (χ0n) is 44.2. The van der Waals surface area contributed by atoms with Crippen molar-refractivity contribution in [2.24, 2.45) is 0 Å². The van der Waals surface area contributed by atoms with Crippen molar-refractivity contribution < 1.29 is 0 Å². The van der Waals surface area contributed by atoms with Crippen LogP contribution in [0.5, 0.6) is 0 Å². The van der Waals surface area contributed by atoms with Crippen LogP contribution in [0.4, 0.5) is 28.4 Å². The van der Waals surface area contributed by atoms with Gasteiger partial charge in [0.2, 0.25) is 0 Å². The van der Waals surface area contributed by atoms with E-state index in [4.69, 9.17) is 0 Å². The number of anilines is 5. The molecule has 0 saturated carbocycles. The number of fused-ring (bicyclic) bond motifs is 10. The SMILES string of the molecule is CC(C)(C)c1ccc(N2c3cc4ccccc4c4c3B(c3sc5cc6c(cc5c32)C(C)(C)CCC6(C)C)N(c2ccc3c(c2)C(C)(C)CCC3(C)C)c2cc(-c3ccccc3)ccc2-4)c(-c2ccccc2)c1. The standard InChI is InChI=1S/C68H67BN2S/c1-64(2,3)46-27-31-56(50(38-46)43-22-16-13-17-23-43)70-58-37-45-24-18-19-25-48(45)60-49-29-26-44(42-20-14-12-15-21-42)36-57(49)71(47-28-30-52-53(39-47)66(6,7)33-32-65(52,4)5)69(61(58)60)63-62(70)51-40-54-55(41-59(51)72-63)68(10,11)35-34-67(54,8)9/h12-31,36-41H,32-35H2,1-11H3. The highest BCUT2D eigenvalue weighted by atomic mass is 32.1. The fourth-order valence-corrected chi connectivity index (χ4v) is 14.7. The van der Waals surface area contributed by atoms with Crippen LogP contribution in [0.3, 0.4) is 0 Å². The smallest absolute Gasteiger partial charge is 0.343 e. The maximum atomic E-state index is 2.79. The number of benzene rings is 8. The van der Waals surface area contributed by atoms with Crippen molar-refractivity contribution in [2.75, 3.05) is 9.71 Å². The molecule has 358 valence electrons. The van der Waals surface area contributed by atoms with E-state index in [0.717, 1.165) is 6.42 Å². The van der Waals surface area contributed by atoms with Crippen LogP contribution in [0.15, 0.2) is 158 Å². The normalized spacial score (nSPS) is 17.8. The van der Waals surface area contributed by atoms with E-state index >= 15 is 0 Å². The van der Waals surface area contributed by atoms with E-state index < -0.39 is 0 Å². The quantitative estimate of drug-likeness (QED) is 0.162. The molecule has 72 heavy (non-hydrogen) atoms. The first kappa shape index (κ1) is 45.5. The minimum atomic E-state index is -0.105. The van der Waals surface area contributed by atoms with Gasteiger partial charge in [-0.3, -0.25) is 0 Å². The first-order valence-electron chi connectivity index (χ1n) is 26.6. The highest BCUT2D eigenvalue weighted by Crippen LogP contribution is 2.57. The molecule has 0 N–H and O–H groups in total. The number of hydrogen-bond donors (Lipinski definition) is 0. The molecule has 13 rings (SSSR count). The third-order valence-corrected chi connectivity index (χ3v) is 19.1. The molecular weight excluding hydrogens is 888 g/mol. The average Bonchev–Trinajstić information content (AvgIpc) is 3.74. The molecule has 2 aliphatic heterocycles. The van der Waals surface area contributed by atoms with Crippen LogP contribution >= 0.6 is 11.3 Å². The first-order valence-corrected chi connectivity index (χ1v) is 27.4. The monoisotopic (exact) mass is 955 g/mol. The first-order chi connectivity index (χ1) is 34.3. The Morgan fingerprint density at radius 3 is 1.76 bits per heavy atom. The van der Waals surface area contributed by atoms with Gasteiger partial charge >= 0.3 is 6.85 Å². The molecular formula is C68H67BN2S. The average molecular weight is 955 g/mol. The van der Waals surface area contributed by atoms with Gasteiger partial charge in [0.25, 0.3) is 0 Å². The lowest BCUT2D eigenvalue weighted by Crippen LogP contribution is -2.60. The third kappa shape index (κ3) is 6.80. The van der Waals surface area contributed by atoms with Crippen molar-refractivity contribution in [2.45, 2.75) is 129 Å². The van der Waals surface area contributed by atoms with E-state index in [9.17, 15) is 0 Å². The lowest BCUT2D eigenvalue weighted by molar-refractivity contribution is 0.332. The maximum Gasteiger partial charge on any atom is 0.343 e. The lowest BCUT2D eigenvalue weighted by atomic mass is 9.46. The molecule has 2 nitrogen and oxygen atoms in total. The molecule has 0 amide bonds. The molecule has 9 aromatic rings. The van der Waals surface area contributed by atoms with E-state index in [0.29, 0.717) is 0 Å². The largest absolute Gasteiger partial charge is 0.376 e. The summed E-state index contributed by atoms with van der Waals surface area (Å²) < 4.78 is 2.78. The number of thiophene rings is 1.